The summed E-state index contributed by atoms with van der Waals surface area (Å²) < 4.78 is 104. The van der Waals surface area contributed by atoms with Crippen LogP contribution in [0.2, 0.25) is 12.1 Å². The minimum Gasteiger partial charge on any atom is -0.505 e. The van der Waals surface area contributed by atoms with Gasteiger partial charge in [0.1, 0.15) is 16.3 Å². The van der Waals surface area contributed by atoms with Crippen LogP contribution in [0.4, 0.5) is 40.6 Å². The van der Waals surface area contributed by atoms with Crippen LogP contribution in [-0.4, -0.2) is 119 Å². The predicted octanol–water partition coefficient (Wildman–Crippen LogP) is 8.43. The molecule has 22 nitrogen and oxygen atoms in total. The number of nitrogens with one attached hydrogen (secondary N) is 2. The van der Waals surface area contributed by atoms with Crippen molar-refractivity contribution in [2.24, 2.45) is 16.0 Å². The van der Waals surface area contributed by atoms with Gasteiger partial charge in [-0.1, -0.05) is 80.3 Å². The molecule has 5 aromatic carbocycles. The number of benzene rings is 5. The lowest BCUT2D eigenvalue weighted by atomic mass is 9.93. The Labute approximate surface area is 435 Å². The summed E-state index contributed by atoms with van der Waals surface area (Å²) in [6, 6.07) is 24.8. The molecule has 1 aliphatic carbocycles. The highest BCUT2D eigenvalue weighted by atomic mass is 32.2. The Morgan fingerprint density at radius 2 is 1.43 bits per heavy atom. The summed E-state index contributed by atoms with van der Waals surface area (Å²) in [5.41, 5.74) is 6.13. The van der Waals surface area contributed by atoms with Gasteiger partial charge in [-0.2, -0.15) is 31.8 Å². The Bertz CT molecular complexity index is 3340. The van der Waals surface area contributed by atoms with Gasteiger partial charge in [-0.25, -0.2) is 0 Å². The molecule has 6 aromatic rings. The third kappa shape index (κ3) is 11.6. The third-order valence-electron chi connectivity index (χ3n) is 13.8. The molecule has 1 aromatic heterocycles. The standard InChI is InChI=1S/C49H59N9O13S2Si2/c1-2-58(33-15-6-5-7-16-33)49-54-47(51-25-13-27-75-69-40-19-9-4-3-8-18-39-41(30-42(70-75)45(40)71-75)68-74(66,67-39)26-12-24-50)53-48(55-49)52-38-29-34(72(60,61)62)28-32-21-22-36(44(59)43(32)38)56-57-37-23-20-31-14-10-11-17-35(31)46(37)73(63,64)65/h5-7,10-11,14-17,20-23,28-29,39-42,45,59,66H,2-4,8-9,12-13,18-19,24-27,30,50H2,1H3,(H,60,61,62)(H,63,64,65)(H2,51,52,53,54,55). The molecule has 26 heteroatoms. The van der Waals surface area contributed by atoms with Crippen LogP contribution >= 0.6 is 0 Å². The zero-order valence-corrected chi connectivity index (χ0v) is 44.6. The smallest absolute Gasteiger partial charge is 0.502 e. The minimum atomic E-state index is -4.81. The lowest BCUT2D eigenvalue weighted by Crippen LogP contribution is -2.47. The number of azo groups is 1. The second kappa shape index (κ2) is 21.8. The Hall–Kier alpha value is -5.60. The first kappa shape index (κ1) is 52.8. The maximum atomic E-state index is 12.7. The van der Waals surface area contributed by atoms with E-state index in [-0.39, 0.29) is 81.6 Å². The number of phenols is 1. The van der Waals surface area contributed by atoms with Crippen LogP contribution in [0.3, 0.4) is 0 Å². The van der Waals surface area contributed by atoms with Gasteiger partial charge in [-0.3, -0.25) is 9.11 Å². The monoisotopic (exact) mass is 1100 g/mol. The molecule has 7 unspecified atom stereocenters. The summed E-state index contributed by atoms with van der Waals surface area (Å²) in [7, 11) is -16.1. The van der Waals surface area contributed by atoms with Crippen LogP contribution in [0, 0.1) is 0 Å². The highest BCUT2D eigenvalue weighted by molar-refractivity contribution is 7.86. The Kier molecular flexibility index (Phi) is 15.4. The lowest BCUT2D eigenvalue weighted by Gasteiger charge is -2.33. The number of rotatable bonds is 17. The summed E-state index contributed by atoms with van der Waals surface area (Å²) in [6.45, 7) is 3.14. The highest BCUT2D eigenvalue weighted by Crippen LogP contribution is 2.47. The van der Waals surface area contributed by atoms with Crippen LogP contribution in [0.1, 0.15) is 64.7 Å². The van der Waals surface area contributed by atoms with Gasteiger partial charge in [-0.15, -0.1) is 10.2 Å². The van der Waals surface area contributed by atoms with Crippen LogP contribution in [0.15, 0.2) is 111 Å². The molecule has 4 aliphatic rings. The number of aromatic nitrogens is 3. The normalized spacial score (nSPS) is 25.1. The van der Waals surface area contributed by atoms with Crippen molar-refractivity contribution in [3.05, 3.63) is 91.0 Å². The summed E-state index contributed by atoms with van der Waals surface area (Å²) in [4.78, 5) is 26.4. The molecule has 8 N–H and O–H groups in total. The molecule has 7 atom stereocenters. The first-order valence-corrected chi connectivity index (χ1v) is 31.9. The van der Waals surface area contributed by atoms with Crippen molar-refractivity contribution in [1.29, 1.82) is 0 Å². The van der Waals surface area contributed by atoms with E-state index in [0.717, 1.165) is 56.3 Å². The molecule has 0 radical (unpaired) electrons. The predicted molar refractivity (Wildman–Crippen MR) is 282 cm³/mol. The fraction of sp³-hybridized carbons (Fsp3) is 0.408. The first-order chi connectivity index (χ1) is 36.0. The number of aromatic hydroxyl groups is 1. The molecule has 3 saturated heterocycles. The Balaban J connectivity index is 0.929. The molecule has 10 rings (SSSR count). The van der Waals surface area contributed by atoms with Crippen molar-refractivity contribution >= 4 is 100.0 Å². The Morgan fingerprint density at radius 3 is 2.19 bits per heavy atom. The average molecular weight is 1100 g/mol. The van der Waals surface area contributed by atoms with E-state index >= 15 is 0 Å². The number of anilines is 5. The van der Waals surface area contributed by atoms with E-state index < -0.39 is 53.4 Å². The summed E-state index contributed by atoms with van der Waals surface area (Å²) in [6.07, 6.45) is 6.17. The summed E-state index contributed by atoms with van der Waals surface area (Å²) in [5, 5.41) is 27.5. The molecule has 0 amide bonds. The van der Waals surface area contributed by atoms with E-state index in [1.807, 2.05) is 42.2 Å². The van der Waals surface area contributed by atoms with E-state index in [1.165, 1.54) is 24.3 Å². The van der Waals surface area contributed by atoms with Crippen molar-refractivity contribution in [1.82, 2.24) is 15.0 Å². The fourth-order valence-electron chi connectivity index (χ4n) is 10.4. The van der Waals surface area contributed by atoms with Gasteiger partial charge in [0.15, 0.2) is 5.75 Å². The fourth-order valence-corrected chi connectivity index (χ4v) is 17.4. The van der Waals surface area contributed by atoms with E-state index in [0.29, 0.717) is 56.4 Å². The van der Waals surface area contributed by atoms with Crippen molar-refractivity contribution in [2.45, 2.75) is 117 Å². The molecule has 4 heterocycles. The van der Waals surface area contributed by atoms with Crippen molar-refractivity contribution in [3.63, 3.8) is 0 Å². The number of para-hydroxylation sites is 1. The first-order valence-electron chi connectivity index (χ1n) is 25.1. The molecule has 1 saturated carbocycles. The lowest BCUT2D eigenvalue weighted by molar-refractivity contribution is -0.0100. The van der Waals surface area contributed by atoms with Gasteiger partial charge in [0.05, 0.1) is 41.1 Å². The number of phenolic OH excluding ortho intramolecular Hbond substituents is 1. The average Bonchev–Trinajstić information content (AvgIpc) is 4.06. The van der Waals surface area contributed by atoms with Crippen molar-refractivity contribution < 1.29 is 58.0 Å². The topological polar surface area (TPSA) is 312 Å². The van der Waals surface area contributed by atoms with Gasteiger partial charge in [0, 0.05) is 48.1 Å². The summed E-state index contributed by atoms with van der Waals surface area (Å²) >= 11 is 0. The molecular formula is C49H59N9O13S2Si2. The zero-order chi connectivity index (χ0) is 52.5. The van der Waals surface area contributed by atoms with Crippen LogP contribution in [0.25, 0.3) is 21.5 Å². The molecule has 4 fully saturated rings. The van der Waals surface area contributed by atoms with Gasteiger partial charge in [0.2, 0.25) is 17.8 Å². The van der Waals surface area contributed by atoms with Crippen LogP contribution in [-0.2, 0) is 42.4 Å². The van der Waals surface area contributed by atoms with Crippen LogP contribution < -0.4 is 21.3 Å². The molecule has 3 aliphatic heterocycles. The zero-order valence-electron chi connectivity index (χ0n) is 41.0. The minimum absolute atomic E-state index is 0.0237. The van der Waals surface area contributed by atoms with Crippen LogP contribution in [0.5, 0.6) is 5.75 Å². The van der Waals surface area contributed by atoms with E-state index in [9.17, 15) is 35.8 Å². The van der Waals surface area contributed by atoms with Gasteiger partial charge < -0.3 is 53.3 Å². The maximum Gasteiger partial charge on any atom is 0.502 e. The number of hydrogen-bond donors (Lipinski definition) is 7. The van der Waals surface area contributed by atoms with E-state index in [4.69, 9.17) is 37.8 Å². The number of nitrogens with two attached hydrogens (primary N) is 1. The number of fused-ring (bicyclic) bond motifs is 4. The maximum absolute atomic E-state index is 12.7. The van der Waals surface area contributed by atoms with Crippen molar-refractivity contribution in [3.8, 4) is 5.75 Å². The van der Waals surface area contributed by atoms with Gasteiger partial charge in [0.25, 0.3) is 20.2 Å². The second-order valence-corrected chi connectivity index (χ2v) is 26.8. The van der Waals surface area contributed by atoms with Gasteiger partial charge in [-0.05, 0) is 86.3 Å². The van der Waals surface area contributed by atoms with Crippen molar-refractivity contribution in [2.75, 3.05) is 35.2 Å². The highest BCUT2D eigenvalue weighted by Gasteiger charge is 2.64. The second-order valence-electron chi connectivity index (χ2n) is 19.0. The third-order valence-corrected chi connectivity index (χ3v) is 20.9. The van der Waals surface area contributed by atoms with Gasteiger partial charge >= 0.3 is 17.6 Å². The molecule has 398 valence electrons. The van der Waals surface area contributed by atoms with E-state index in [2.05, 4.69) is 25.8 Å². The SMILES string of the molecule is CCN(c1ccccc1)c1nc(NCCC[Si]23OC4CCCCCCC5O[Si](O)(CCCN)OC5CC(O2)C4O3)nc(Nc2cc(S(=O)(=O)O)cc3ccc(N=Nc4ccc5ccccc5c4S(=O)(=O)O)c(O)c23)n1. The molecular weight excluding hydrogens is 1040 g/mol. The quantitative estimate of drug-likeness (QED) is 0.0195. The largest absolute Gasteiger partial charge is 0.505 e. The Morgan fingerprint density at radius 1 is 0.733 bits per heavy atom. The molecule has 0 spiro atoms. The molecule has 2 bridgehead atoms. The van der Waals surface area contributed by atoms with E-state index in [1.54, 1.807) is 24.3 Å². The number of hydrogen-bond acceptors (Lipinski definition) is 20. The summed E-state index contributed by atoms with van der Waals surface area (Å²) in [5.74, 6) is -0.208. The molecule has 75 heavy (non-hydrogen) atoms. The number of nitrogens with zero attached hydrogens (tertiary/aromatic N) is 6.